The lowest BCUT2D eigenvalue weighted by Crippen LogP contribution is -2.54. The predicted molar refractivity (Wildman–Crippen MR) is 97.3 cm³/mol. The minimum atomic E-state index is -3.32. The van der Waals surface area contributed by atoms with Crippen molar-refractivity contribution >= 4 is 10.2 Å². The van der Waals surface area contributed by atoms with Crippen LogP contribution in [0.3, 0.4) is 0 Å². The third kappa shape index (κ3) is 5.66. The summed E-state index contributed by atoms with van der Waals surface area (Å²) in [6.07, 6.45) is 5.53. The summed E-state index contributed by atoms with van der Waals surface area (Å²) in [6, 6.07) is 0.182. The fourth-order valence-electron chi connectivity index (χ4n) is 3.48. The van der Waals surface area contributed by atoms with Crippen molar-refractivity contribution in [3.8, 4) is 0 Å². The molecule has 1 saturated heterocycles. The normalized spacial score (nSPS) is 23.0. The standard InChI is InChI=1S/C17H35N3O3S/c1-17(2,3)23-15-14-19-10-12-20(13-11-19)24(21,22)18(4)16-8-6-5-7-9-16/h16H,5-15H2,1-4H3. The van der Waals surface area contributed by atoms with Gasteiger partial charge in [0, 0.05) is 45.8 Å². The highest BCUT2D eigenvalue weighted by Crippen LogP contribution is 2.25. The van der Waals surface area contributed by atoms with Gasteiger partial charge in [-0.15, -0.1) is 0 Å². The second-order valence-electron chi connectivity index (χ2n) is 8.02. The molecule has 0 unspecified atom stereocenters. The summed E-state index contributed by atoms with van der Waals surface area (Å²) in [5.41, 5.74) is -0.117. The fraction of sp³-hybridized carbons (Fsp3) is 1.00. The predicted octanol–water partition coefficient (Wildman–Crippen LogP) is 1.93. The summed E-state index contributed by atoms with van der Waals surface area (Å²) in [4.78, 5) is 2.29. The van der Waals surface area contributed by atoms with Gasteiger partial charge in [0.2, 0.25) is 0 Å². The van der Waals surface area contributed by atoms with E-state index in [0.29, 0.717) is 19.7 Å². The molecule has 0 aromatic carbocycles. The Morgan fingerprint density at radius 3 is 2.17 bits per heavy atom. The van der Waals surface area contributed by atoms with Crippen LogP contribution in [0.2, 0.25) is 0 Å². The van der Waals surface area contributed by atoms with E-state index < -0.39 is 10.2 Å². The highest BCUT2D eigenvalue weighted by atomic mass is 32.2. The number of piperazine rings is 1. The molecule has 0 atom stereocenters. The van der Waals surface area contributed by atoms with Crippen LogP contribution >= 0.6 is 0 Å². The molecular formula is C17H35N3O3S. The minimum absolute atomic E-state index is 0.117. The molecule has 1 aliphatic heterocycles. The van der Waals surface area contributed by atoms with E-state index in [1.165, 1.54) is 6.42 Å². The molecule has 142 valence electrons. The van der Waals surface area contributed by atoms with Gasteiger partial charge in [-0.2, -0.15) is 17.0 Å². The van der Waals surface area contributed by atoms with Crippen LogP contribution in [-0.4, -0.2) is 79.9 Å². The number of hydrogen-bond donors (Lipinski definition) is 0. The Bertz CT molecular complexity index is 476. The van der Waals surface area contributed by atoms with Crippen molar-refractivity contribution < 1.29 is 13.2 Å². The molecule has 7 heteroatoms. The molecule has 0 N–H and O–H groups in total. The average molecular weight is 362 g/mol. The van der Waals surface area contributed by atoms with Crippen LogP contribution in [-0.2, 0) is 14.9 Å². The lowest BCUT2D eigenvalue weighted by molar-refractivity contribution is -0.0157. The molecule has 1 saturated carbocycles. The maximum absolute atomic E-state index is 12.8. The van der Waals surface area contributed by atoms with E-state index in [1.807, 2.05) is 0 Å². The van der Waals surface area contributed by atoms with Crippen molar-refractivity contribution in [2.45, 2.75) is 64.5 Å². The lowest BCUT2D eigenvalue weighted by atomic mass is 9.96. The Morgan fingerprint density at radius 2 is 1.62 bits per heavy atom. The summed E-state index contributed by atoms with van der Waals surface area (Å²) in [5.74, 6) is 0. The monoisotopic (exact) mass is 361 g/mol. The first kappa shape index (κ1) is 20.1. The van der Waals surface area contributed by atoms with E-state index in [2.05, 4.69) is 25.7 Å². The maximum Gasteiger partial charge on any atom is 0.282 e. The Morgan fingerprint density at radius 1 is 1.04 bits per heavy atom. The molecule has 2 aliphatic rings. The summed E-state index contributed by atoms with van der Waals surface area (Å²) in [5, 5.41) is 0. The van der Waals surface area contributed by atoms with Gasteiger partial charge in [0.1, 0.15) is 0 Å². The Hall–Kier alpha value is -0.210. The van der Waals surface area contributed by atoms with E-state index in [9.17, 15) is 8.42 Å². The third-order valence-corrected chi connectivity index (χ3v) is 7.10. The number of ether oxygens (including phenoxy) is 1. The second kappa shape index (κ2) is 8.45. The first-order valence-electron chi connectivity index (χ1n) is 9.29. The molecule has 1 aliphatic carbocycles. The topological polar surface area (TPSA) is 53.1 Å². The largest absolute Gasteiger partial charge is 0.375 e. The molecule has 2 fully saturated rings. The van der Waals surface area contributed by atoms with E-state index in [1.54, 1.807) is 15.7 Å². The molecule has 24 heavy (non-hydrogen) atoms. The van der Waals surface area contributed by atoms with Crippen molar-refractivity contribution in [2.75, 3.05) is 46.4 Å². The molecule has 0 bridgehead atoms. The third-order valence-electron chi connectivity index (χ3n) is 5.05. The zero-order valence-corrected chi connectivity index (χ0v) is 16.6. The molecule has 0 amide bonds. The molecular weight excluding hydrogens is 326 g/mol. The van der Waals surface area contributed by atoms with Crippen LogP contribution in [0, 0.1) is 0 Å². The van der Waals surface area contributed by atoms with Crippen LogP contribution in [0.1, 0.15) is 52.9 Å². The Kier molecular flexibility index (Phi) is 7.08. The van der Waals surface area contributed by atoms with Gasteiger partial charge in [-0.25, -0.2) is 0 Å². The van der Waals surface area contributed by atoms with E-state index in [0.717, 1.165) is 45.3 Å². The van der Waals surface area contributed by atoms with Gasteiger partial charge in [0.25, 0.3) is 10.2 Å². The molecule has 0 aromatic rings. The molecule has 0 radical (unpaired) electrons. The van der Waals surface area contributed by atoms with Crippen LogP contribution in [0.5, 0.6) is 0 Å². The quantitative estimate of drug-likeness (QED) is 0.725. The molecule has 0 spiro atoms. The SMILES string of the molecule is CN(C1CCCCC1)S(=O)(=O)N1CCN(CCOC(C)(C)C)CC1. The summed E-state index contributed by atoms with van der Waals surface area (Å²) < 4.78 is 34.7. The molecule has 2 rings (SSSR count). The smallest absolute Gasteiger partial charge is 0.282 e. The van der Waals surface area contributed by atoms with Crippen LogP contribution < -0.4 is 0 Å². The van der Waals surface area contributed by atoms with Crippen LogP contribution in [0.4, 0.5) is 0 Å². The van der Waals surface area contributed by atoms with Gasteiger partial charge < -0.3 is 4.74 Å². The lowest BCUT2D eigenvalue weighted by Gasteiger charge is -2.38. The number of nitrogens with zero attached hydrogens (tertiary/aromatic N) is 3. The zero-order chi connectivity index (χ0) is 17.8. The van der Waals surface area contributed by atoms with Gasteiger partial charge in [0.15, 0.2) is 0 Å². The molecule has 1 heterocycles. The zero-order valence-electron chi connectivity index (χ0n) is 15.8. The highest BCUT2D eigenvalue weighted by Gasteiger charge is 2.34. The Balaban J connectivity index is 1.80. The average Bonchev–Trinajstić information content (AvgIpc) is 2.54. The van der Waals surface area contributed by atoms with Gasteiger partial charge in [-0.3, -0.25) is 4.90 Å². The van der Waals surface area contributed by atoms with Crippen molar-refractivity contribution in [3.05, 3.63) is 0 Å². The van der Waals surface area contributed by atoms with Crippen LogP contribution in [0.15, 0.2) is 0 Å². The van der Waals surface area contributed by atoms with Crippen molar-refractivity contribution in [1.82, 2.24) is 13.5 Å². The fourth-order valence-corrected chi connectivity index (χ4v) is 5.06. The van der Waals surface area contributed by atoms with E-state index >= 15 is 0 Å². The van der Waals surface area contributed by atoms with Gasteiger partial charge in [-0.1, -0.05) is 19.3 Å². The Labute approximate surface area is 148 Å². The number of rotatable bonds is 6. The number of hydrogen-bond acceptors (Lipinski definition) is 4. The van der Waals surface area contributed by atoms with Crippen LogP contribution in [0.25, 0.3) is 0 Å². The van der Waals surface area contributed by atoms with Crippen molar-refractivity contribution in [2.24, 2.45) is 0 Å². The van der Waals surface area contributed by atoms with E-state index in [4.69, 9.17) is 4.74 Å². The van der Waals surface area contributed by atoms with Gasteiger partial charge in [-0.05, 0) is 33.6 Å². The van der Waals surface area contributed by atoms with Crippen molar-refractivity contribution in [3.63, 3.8) is 0 Å². The van der Waals surface area contributed by atoms with Crippen molar-refractivity contribution in [1.29, 1.82) is 0 Å². The highest BCUT2D eigenvalue weighted by molar-refractivity contribution is 7.86. The van der Waals surface area contributed by atoms with Gasteiger partial charge in [0.05, 0.1) is 12.2 Å². The maximum atomic E-state index is 12.8. The first-order valence-corrected chi connectivity index (χ1v) is 10.7. The second-order valence-corrected chi connectivity index (χ2v) is 10.0. The minimum Gasteiger partial charge on any atom is -0.375 e. The summed E-state index contributed by atoms with van der Waals surface area (Å²) >= 11 is 0. The summed E-state index contributed by atoms with van der Waals surface area (Å²) in [7, 11) is -1.56. The van der Waals surface area contributed by atoms with E-state index in [-0.39, 0.29) is 11.6 Å². The summed E-state index contributed by atoms with van der Waals surface area (Å²) in [6.45, 7) is 10.4. The molecule has 0 aromatic heterocycles. The van der Waals surface area contributed by atoms with Gasteiger partial charge >= 0.3 is 0 Å². The first-order chi connectivity index (χ1) is 11.2. The molecule has 6 nitrogen and oxygen atoms in total.